The Labute approximate surface area is 151 Å². The molecule has 26 heavy (non-hydrogen) atoms. The number of hydrogen-bond acceptors (Lipinski definition) is 8. The molecule has 2 rings (SSSR count). The Bertz CT molecular complexity index is 775. The molecule has 9 nitrogen and oxygen atoms in total. The van der Waals surface area contributed by atoms with E-state index in [1.807, 2.05) is 0 Å². The molecule has 0 saturated carbocycles. The quantitative estimate of drug-likeness (QED) is 0.422. The summed E-state index contributed by atoms with van der Waals surface area (Å²) in [7, 11) is 4.61. The Balaban J connectivity index is 2.23. The number of hydrazone groups is 1. The zero-order valence-electron chi connectivity index (χ0n) is 15.4. The second kappa shape index (κ2) is 8.75. The van der Waals surface area contributed by atoms with E-state index in [4.69, 9.17) is 18.9 Å². The standard InChI is InChI=1S/C17H22N4O5/c1-6-26-17(22)14-10(2)19-21-16(14)20-18-9-11-7-12(23-3)15(25-5)13(8-11)24-4/h7-9H,6H2,1-5H3,(H2,19,20,21)/b18-9-. The van der Waals surface area contributed by atoms with Crippen molar-refractivity contribution in [1.29, 1.82) is 0 Å². The number of H-pyrrole nitrogens is 1. The van der Waals surface area contributed by atoms with Crippen molar-refractivity contribution in [2.75, 3.05) is 33.4 Å². The lowest BCUT2D eigenvalue weighted by molar-refractivity contribution is 0.0526. The SMILES string of the molecule is CCOC(=O)c1c(N/N=C\c2cc(OC)c(OC)c(OC)c2)n[nH]c1C. The number of aryl methyl sites for hydroxylation is 1. The maximum absolute atomic E-state index is 12.0. The highest BCUT2D eigenvalue weighted by molar-refractivity contribution is 5.96. The highest BCUT2D eigenvalue weighted by atomic mass is 16.5. The van der Waals surface area contributed by atoms with E-state index in [1.165, 1.54) is 21.3 Å². The molecule has 0 bridgehead atoms. The predicted molar refractivity (Wildman–Crippen MR) is 96.6 cm³/mol. The van der Waals surface area contributed by atoms with E-state index in [-0.39, 0.29) is 12.4 Å². The highest BCUT2D eigenvalue weighted by Crippen LogP contribution is 2.37. The van der Waals surface area contributed by atoms with Gasteiger partial charge in [-0.1, -0.05) is 0 Å². The first-order valence-corrected chi connectivity index (χ1v) is 7.86. The summed E-state index contributed by atoms with van der Waals surface area (Å²) in [5, 5.41) is 10.9. The van der Waals surface area contributed by atoms with Crippen LogP contribution in [0.3, 0.4) is 0 Å². The van der Waals surface area contributed by atoms with Crippen LogP contribution in [-0.2, 0) is 4.74 Å². The molecule has 1 aromatic heterocycles. The summed E-state index contributed by atoms with van der Waals surface area (Å²) in [5.74, 6) is 1.33. The third-order valence-electron chi connectivity index (χ3n) is 3.50. The van der Waals surface area contributed by atoms with Gasteiger partial charge in [0.25, 0.3) is 0 Å². The zero-order chi connectivity index (χ0) is 19.1. The van der Waals surface area contributed by atoms with Gasteiger partial charge in [-0.25, -0.2) is 4.79 Å². The lowest BCUT2D eigenvalue weighted by Gasteiger charge is -2.12. The van der Waals surface area contributed by atoms with Crippen LogP contribution in [0.4, 0.5) is 5.82 Å². The summed E-state index contributed by atoms with van der Waals surface area (Å²) in [6, 6.07) is 3.49. The number of hydrogen-bond donors (Lipinski definition) is 2. The van der Waals surface area contributed by atoms with Crippen LogP contribution in [0.15, 0.2) is 17.2 Å². The van der Waals surface area contributed by atoms with Crippen LogP contribution in [0.5, 0.6) is 17.2 Å². The molecule has 9 heteroatoms. The van der Waals surface area contributed by atoms with Gasteiger partial charge < -0.3 is 18.9 Å². The fourth-order valence-corrected chi connectivity index (χ4v) is 2.31. The average Bonchev–Trinajstić information content (AvgIpc) is 3.01. The van der Waals surface area contributed by atoms with Crippen LogP contribution >= 0.6 is 0 Å². The van der Waals surface area contributed by atoms with Crippen molar-refractivity contribution >= 4 is 18.0 Å². The number of aromatic nitrogens is 2. The molecular weight excluding hydrogens is 340 g/mol. The third kappa shape index (κ3) is 4.05. The van der Waals surface area contributed by atoms with Crippen LogP contribution in [0.1, 0.15) is 28.5 Å². The largest absolute Gasteiger partial charge is 0.493 e. The van der Waals surface area contributed by atoms with Gasteiger partial charge in [-0.3, -0.25) is 10.5 Å². The Morgan fingerprint density at radius 1 is 1.23 bits per heavy atom. The van der Waals surface area contributed by atoms with Gasteiger partial charge in [-0.15, -0.1) is 0 Å². The fourth-order valence-electron chi connectivity index (χ4n) is 2.31. The topological polar surface area (TPSA) is 107 Å². The Hall–Kier alpha value is -3.23. The fraction of sp³-hybridized carbons (Fsp3) is 0.353. The molecule has 1 heterocycles. The molecular formula is C17H22N4O5. The molecule has 0 aliphatic rings. The first-order chi connectivity index (χ1) is 12.5. The number of benzene rings is 1. The molecule has 0 spiro atoms. The number of esters is 1. The van der Waals surface area contributed by atoms with Crippen molar-refractivity contribution in [1.82, 2.24) is 10.2 Å². The second-order valence-corrected chi connectivity index (χ2v) is 5.12. The number of nitrogens with zero attached hydrogens (tertiary/aromatic N) is 2. The van der Waals surface area contributed by atoms with Crippen molar-refractivity contribution in [2.45, 2.75) is 13.8 Å². The number of carbonyl (C=O) groups excluding carboxylic acids is 1. The second-order valence-electron chi connectivity index (χ2n) is 5.12. The normalized spacial score (nSPS) is 10.7. The number of carbonyl (C=O) groups is 1. The van der Waals surface area contributed by atoms with E-state index in [2.05, 4.69) is 20.7 Å². The molecule has 0 radical (unpaired) electrons. The third-order valence-corrected chi connectivity index (χ3v) is 3.50. The minimum atomic E-state index is -0.468. The van der Waals surface area contributed by atoms with E-state index >= 15 is 0 Å². The lowest BCUT2D eigenvalue weighted by Crippen LogP contribution is -2.08. The summed E-state index contributed by atoms with van der Waals surface area (Å²) < 4.78 is 20.9. The van der Waals surface area contributed by atoms with Gasteiger partial charge in [0.1, 0.15) is 5.56 Å². The molecule has 0 aliphatic carbocycles. The predicted octanol–water partition coefficient (Wildman–Crippen LogP) is 2.37. The van der Waals surface area contributed by atoms with Crippen LogP contribution in [0, 0.1) is 6.92 Å². The Morgan fingerprint density at radius 3 is 2.42 bits per heavy atom. The summed E-state index contributed by atoms with van der Waals surface area (Å²) in [5.41, 5.74) is 4.35. The van der Waals surface area contributed by atoms with Gasteiger partial charge in [0.2, 0.25) is 5.75 Å². The van der Waals surface area contributed by atoms with Crippen molar-refractivity contribution < 1.29 is 23.7 Å². The van der Waals surface area contributed by atoms with E-state index in [0.29, 0.717) is 34.1 Å². The molecule has 0 unspecified atom stereocenters. The lowest BCUT2D eigenvalue weighted by atomic mass is 10.2. The van der Waals surface area contributed by atoms with Crippen molar-refractivity contribution in [3.05, 3.63) is 29.0 Å². The van der Waals surface area contributed by atoms with E-state index in [9.17, 15) is 4.79 Å². The first-order valence-electron chi connectivity index (χ1n) is 7.86. The summed E-state index contributed by atoms with van der Waals surface area (Å²) in [6.07, 6.45) is 1.55. The number of anilines is 1. The monoisotopic (exact) mass is 362 g/mol. The molecule has 0 amide bonds. The minimum absolute atomic E-state index is 0.275. The molecule has 1 aromatic carbocycles. The molecule has 2 N–H and O–H groups in total. The number of rotatable bonds is 8. The molecule has 0 atom stereocenters. The van der Waals surface area contributed by atoms with Gasteiger partial charge in [0.05, 0.1) is 34.2 Å². The Kier molecular flexibility index (Phi) is 6.42. The number of ether oxygens (including phenoxy) is 4. The smallest absolute Gasteiger partial charge is 0.343 e. The maximum atomic E-state index is 12.0. The maximum Gasteiger partial charge on any atom is 0.343 e. The van der Waals surface area contributed by atoms with E-state index < -0.39 is 5.97 Å². The summed E-state index contributed by atoms with van der Waals surface area (Å²) in [4.78, 5) is 12.0. The number of aromatic amines is 1. The van der Waals surface area contributed by atoms with Gasteiger partial charge in [0.15, 0.2) is 17.3 Å². The first kappa shape index (κ1) is 19.1. The molecule has 0 saturated heterocycles. The van der Waals surface area contributed by atoms with E-state index in [0.717, 1.165) is 0 Å². The molecule has 140 valence electrons. The highest BCUT2D eigenvalue weighted by Gasteiger charge is 2.19. The Morgan fingerprint density at radius 2 is 1.88 bits per heavy atom. The van der Waals surface area contributed by atoms with Crippen LogP contribution < -0.4 is 19.6 Å². The summed E-state index contributed by atoms with van der Waals surface area (Å²) in [6.45, 7) is 3.74. The van der Waals surface area contributed by atoms with Gasteiger partial charge in [-0.05, 0) is 26.0 Å². The van der Waals surface area contributed by atoms with Crippen LogP contribution in [0.25, 0.3) is 0 Å². The van der Waals surface area contributed by atoms with Crippen molar-refractivity contribution in [2.24, 2.45) is 5.10 Å². The van der Waals surface area contributed by atoms with Gasteiger partial charge in [-0.2, -0.15) is 10.2 Å². The van der Waals surface area contributed by atoms with Gasteiger partial charge in [0, 0.05) is 11.3 Å². The van der Waals surface area contributed by atoms with Gasteiger partial charge >= 0.3 is 5.97 Å². The minimum Gasteiger partial charge on any atom is -0.493 e. The zero-order valence-corrected chi connectivity index (χ0v) is 15.4. The van der Waals surface area contributed by atoms with Crippen molar-refractivity contribution in [3.8, 4) is 17.2 Å². The van der Waals surface area contributed by atoms with Crippen LogP contribution in [-0.4, -0.2) is 50.3 Å². The summed E-state index contributed by atoms with van der Waals surface area (Å²) >= 11 is 0. The van der Waals surface area contributed by atoms with Crippen LogP contribution in [0.2, 0.25) is 0 Å². The average molecular weight is 362 g/mol. The van der Waals surface area contributed by atoms with E-state index in [1.54, 1.807) is 32.2 Å². The molecule has 2 aromatic rings. The van der Waals surface area contributed by atoms with Crippen molar-refractivity contribution in [3.63, 3.8) is 0 Å². The molecule has 0 fully saturated rings. The number of nitrogens with one attached hydrogen (secondary N) is 2. The molecule has 0 aliphatic heterocycles. The number of methoxy groups -OCH3 is 3.